The molecule has 0 radical (unpaired) electrons. The van der Waals surface area contributed by atoms with Crippen LogP contribution in [0.4, 0.5) is 5.13 Å². The predicted octanol–water partition coefficient (Wildman–Crippen LogP) is 0.588. The largest absolute Gasteiger partial charge is 0.317 e. The van der Waals surface area contributed by atoms with Crippen molar-refractivity contribution < 1.29 is 8.42 Å². The van der Waals surface area contributed by atoms with Gasteiger partial charge in [0.05, 0.1) is 5.75 Å². The quantitative estimate of drug-likeness (QED) is 0.704. The van der Waals surface area contributed by atoms with Crippen molar-refractivity contribution in [3.8, 4) is 0 Å². The van der Waals surface area contributed by atoms with Crippen molar-refractivity contribution in [3.05, 3.63) is 5.01 Å². The summed E-state index contributed by atoms with van der Waals surface area (Å²) in [6, 6.07) is 0. The molecule has 0 unspecified atom stereocenters. The van der Waals surface area contributed by atoms with Crippen LogP contribution in [0.1, 0.15) is 18.4 Å². The highest BCUT2D eigenvalue weighted by molar-refractivity contribution is 7.92. The molecular weight excluding hydrogens is 248 g/mol. The van der Waals surface area contributed by atoms with Crippen LogP contribution in [-0.2, 0) is 10.0 Å². The van der Waals surface area contributed by atoms with E-state index in [1.807, 2.05) is 6.92 Å². The van der Waals surface area contributed by atoms with Gasteiger partial charge in [-0.1, -0.05) is 18.3 Å². The molecule has 0 amide bonds. The number of hydrogen-bond acceptors (Lipinski definition) is 6. The Morgan fingerprint density at radius 1 is 1.38 bits per heavy atom. The van der Waals surface area contributed by atoms with Crippen LogP contribution in [0, 0.1) is 6.92 Å². The maximum absolute atomic E-state index is 11.6. The van der Waals surface area contributed by atoms with E-state index in [4.69, 9.17) is 0 Å². The lowest BCUT2D eigenvalue weighted by molar-refractivity contribution is 0.595. The van der Waals surface area contributed by atoms with Gasteiger partial charge in [-0.3, -0.25) is 4.72 Å². The van der Waals surface area contributed by atoms with Crippen LogP contribution in [0.5, 0.6) is 0 Å². The summed E-state index contributed by atoms with van der Waals surface area (Å²) in [6.45, 7) is 5.31. The van der Waals surface area contributed by atoms with E-state index >= 15 is 0 Å². The van der Waals surface area contributed by atoms with Gasteiger partial charge in [0, 0.05) is 0 Å². The maximum Gasteiger partial charge on any atom is 0.234 e. The number of hydrogen-bond donors (Lipinski definition) is 2. The molecule has 0 saturated heterocycles. The number of aromatic nitrogens is 2. The molecule has 0 aliphatic carbocycles. The fraction of sp³-hybridized carbons (Fsp3) is 0.750. The molecule has 1 heterocycles. The predicted molar refractivity (Wildman–Crippen MR) is 65.2 cm³/mol. The Balaban J connectivity index is 2.40. The zero-order valence-electron chi connectivity index (χ0n) is 9.36. The number of nitrogens with zero attached hydrogens (tertiary/aromatic N) is 2. The zero-order chi connectivity index (χ0) is 12.0. The Bertz CT molecular complexity index is 415. The molecule has 1 aromatic rings. The van der Waals surface area contributed by atoms with Crippen LogP contribution in [0.15, 0.2) is 0 Å². The van der Waals surface area contributed by atoms with Crippen molar-refractivity contribution in [1.29, 1.82) is 0 Å². The Morgan fingerprint density at radius 2 is 2.12 bits per heavy atom. The molecule has 2 N–H and O–H groups in total. The second-order valence-electron chi connectivity index (χ2n) is 3.25. The highest BCUT2D eigenvalue weighted by Gasteiger charge is 2.12. The molecule has 0 aliphatic heterocycles. The first kappa shape index (κ1) is 13.3. The second kappa shape index (κ2) is 6.12. The summed E-state index contributed by atoms with van der Waals surface area (Å²) in [7, 11) is -3.28. The van der Waals surface area contributed by atoms with Crippen LogP contribution in [-0.4, -0.2) is 37.5 Å². The Kier molecular flexibility index (Phi) is 5.10. The van der Waals surface area contributed by atoms with Crippen LogP contribution in [0.2, 0.25) is 0 Å². The summed E-state index contributed by atoms with van der Waals surface area (Å²) in [5.74, 6) is 0.0959. The smallest absolute Gasteiger partial charge is 0.234 e. The molecule has 0 atom stereocenters. The molecule has 1 aromatic heterocycles. The molecule has 0 spiro atoms. The maximum atomic E-state index is 11.6. The van der Waals surface area contributed by atoms with Crippen molar-refractivity contribution in [2.24, 2.45) is 0 Å². The number of aryl methyl sites for hydroxylation is 1. The topological polar surface area (TPSA) is 84.0 Å². The molecule has 8 heteroatoms. The lowest BCUT2D eigenvalue weighted by Crippen LogP contribution is -2.21. The molecule has 0 aliphatic rings. The van der Waals surface area contributed by atoms with Gasteiger partial charge in [-0.2, -0.15) is 0 Å². The van der Waals surface area contributed by atoms with Gasteiger partial charge < -0.3 is 5.32 Å². The van der Waals surface area contributed by atoms with Gasteiger partial charge in [0.25, 0.3) is 0 Å². The summed E-state index contributed by atoms with van der Waals surface area (Å²) < 4.78 is 25.6. The summed E-state index contributed by atoms with van der Waals surface area (Å²) in [4.78, 5) is 0. The average molecular weight is 264 g/mol. The fourth-order valence-corrected chi connectivity index (χ4v) is 3.01. The molecule has 0 saturated carbocycles. The van der Waals surface area contributed by atoms with E-state index in [9.17, 15) is 8.42 Å². The number of anilines is 1. The van der Waals surface area contributed by atoms with Crippen LogP contribution in [0.25, 0.3) is 0 Å². The van der Waals surface area contributed by atoms with Gasteiger partial charge in [-0.05, 0) is 26.4 Å². The summed E-state index contributed by atoms with van der Waals surface area (Å²) >= 11 is 1.23. The standard InChI is InChI=1S/C8H16N4O2S2/c1-3-9-5-4-6-16(13,14)12-8-11-10-7(2)15-8/h9H,3-6H2,1-2H3,(H,11,12). The van der Waals surface area contributed by atoms with Gasteiger partial charge in [0.1, 0.15) is 5.01 Å². The Labute approximate surface area is 99.5 Å². The first-order chi connectivity index (χ1) is 7.53. The highest BCUT2D eigenvalue weighted by Crippen LogP contribution is 2.15. The Morgan fingerprint density at radius 3 is 2.69 bits per heavy atom. The second-order valence-corrected chi connectivity index (χ2v) is 6.28. The first-order valence-corrected chi connectivity index (χ1v) is 7.51. The molecule has 16 heavy (non-hydrogen) atoms. The molecule has 1 rings (SSSR count). The minimum Gasteiger partial charge on any atom is -0.317 e. The molecule has 92 valence electrons. The first-order valence-electron chi connectivity index (χ1n) is 5.05. The molecular formula is C8H16N4O2S2. The highest BCUT2D eigenvalue weighted by atomic mass is 32.2. The summed E-state index contributed by atoms with van der Waals surface area (Å²) in [6.07, 6.45) is 0.584. The van der Waals surface area contributed by atoms with E-state index < -0.39 is 10.0 Å². The number of nitrogens with one attached hydrogen (secondary N) is 2. The van der Waals surface area contributed by atoms with Gasteiger partial charge in [0.2, 0.25) is 15.2 Å². The minimum absolute atomic E-state index is 0.0959. The van der Waals surface area contributed by atoms with E-state index in [0.29, 0.717) is 18.1 Å². The summed E-state index contributed by atoms with van der Waals surface area (Å²) in [5, 5.41) is 11.6. The monoisotopic (exact) mass is 264 g/mol. The van der Waals surface area contributed by atoms with Crippen LogP contribution in [0.3, 0.4) is 0 Å². The molecule has 6 nitrogen and oxygen atoms in total. The van der Waals surface area contributed by atoms with E-state index in [1.54, 1.807) is 6.92 Å². The minimum atomic E-state index is -3.28. The normalized spacial score (nSPS) is 11.6. The van der Waals surface area contributed by atoms with E-state index in [2.05, 4.69) is 20.2 Å². The fourth-order valence-electron chi connectivity index (χ4n) is 1.09. The molecule has 0 fully saturated rings. The van der Waals surface area contributed by atoms with Crippen molar-refractivity contribution in [2.75, 3.05) is 23.6 Å². The summed E-state index contributed by atoms with van der Waals surface area (Å²) in [5.41, 5.74) is 0. The van der Waals surface area contributed by atoms with Crippen LogP contribution >= 0.6 is 11.3 Å². The van der Waals surface area contributed by atoms with Crippen LogP contribution < -0.4 is 10.0 Å². The number of rotatable bonds is 7. The van der Waals surface area contributed by atoms with E-state index in [-0.39, 0.29) is 5.75 Å². The van der Waals surface area contributed by atoms with Gasteiger partial charge in [-0.15, -0.1) is 10.2 Å². The lowest BCUT2D eigenvalue weighted by atomic mass is 10.5. The van der Waals surface area contributed by atoms with Gasteiger partial charge >= 0.3 is 0 Å². The SMILES string of the molecule is CCNCCCS(=O)(=O)Nc1nnc(C)s1. The van der Waals surface area contributed by atoms with Gasteiger partial charge in [-0.25, -0.2) is 8.42 Å². The Hall–Kier alpha value is -0.730. The third-order valence-corrected chi connectivity index (χ3v) is 4.00. The van der Waals surface area contributed by atoms with Crippen molar-refractivity contribution >= 4 is 26.5 Å². The van der Waals surface area contributed by atoms with Crippen molar-refractivity contribution in [1.82, 2.24) is 15.5 Å². The van der Waals surface area contributed by atoms with Crippen molar-refractivity contribution in [3.63, 3.8) is 0 Å². The lowest BCUT2D eigenvalue weighted by Gasteiger charge is -2.04. The van der Waals surface area contributed by atoms with E-state index in [1.165, 1.54) is 11.3 Å². The van der Waals surface area contributed by atoms with Crippen molar-refractivity contribution in [2.45, 2.75) is 20.3 Å². The zero-order valence-corrected chi connectivity index (χ0v) is 11.0. The third-order valence-electron chi connectivity index (χ3n) is 1.79. The molecule has 0 aromatic carbocycles. The third kappa shape index (κ3) is 4.86. The average Bonchev–Trinajstić information content (AvgIpc) is 2.58. The molecule has 0 bridgehead atoms. The van der Waals surface area contributed by atoms with Gasteiger partial charge in [0.15, 0.2) is 0 Å². The van der Waals surface area contributed by atoms with E-state index in [0.717, 1.165) is 11.6 Å². The number of sulfonamides is 1.